The lowest BCUT2D eigenvalue weighted by atomic mass is 10.1. The summed E-state index contributed by atoms with van der Waals surface area (Å²) in [7, 11) is 1.89. The van der Waals surface area contributed by atoms with E-state index >= 15 is 0 Å². The van der Waals surface area contributed by atoms with E-state index in [1.54, 1.807) is 0 Å². The van der Waals surface area contributed by atoms with Gasteiger partial charge >= 0.3 is 0 Å². The van der Waals surface area contributed by atoms with E-state index in [1.807, 2.05) is 29.5 Å². The Hall–Kier alpha value is -0.870. The van der Waals surface area contributed by atoms with Crippen LogP contribution in [0.5, 0.6) is 0 Å². The molecule has 1 aliphatic heterocycles. The van der Waals surface area contributed by atoms with Gasteiger partial charge in [-0.2, -0.15) is 0 Å². The van der Waals surface area contributed by atoms with Crippen molar-refractivity contribution in [2.75, 3.05) is 20.1 Å². The predicted octanol–water partition coefficient (Wildman–Crippen LogP) is 1.96. The topological polar surface area (TPSA) is 32.3 Å². The van der Waals surface area contributed by atoms with E-state index in [0.29, 0.717) is 6.04 Å². The van der Waals surface area contributed by atoms with Gasteiger partial charge in [0.25, 0.3) is 5.91 Å². The number of thiophene rings is 1. The zero-order valence-corrected chi connectivity index (χ0v) is 10.4. The molecule has 2 rings (SSSR count). The molecule has 0 saturated carbocycles. The minimum absolute atomic E-state index is 0.146. The fraction of sp³-hybridized carbons (Fsp3) is 0.583. The van der Waals surface area contributed by atoms with Crippen LogP contribution in [-0.2, 0) is 0 Å². The number of nitrogens with zero attached hydrogens (tertiary/aromatic N) is 1. The lowest BCUT2D eigenvalue weighted by Crippen LogP contribution is -2.32. The van der Waals surface area contributed by atoms with Crippen LogP contribution in [0.4, 0.5) is 0 Å². The Labute approximate surface area is 100 Å². The highest BCUT2D eigenvalue weighted by Gasteiger charge is 2.17. The first kappa shape index (κ1) is 11.6. The van der Waals surface area contributed by atoms with Crippen LogP contribution >= 0.6 is 11.3 Å². The lowest BCUT2D eigenvalue weighted by Gasteiger charge is -2.18. The monoisotopic (exact) mass is 238 g/mol. The maximum atomic E-state index is 11.9. The molecule has 3 nitrogen and oxygen atoms in total. The van der Waals surface area contributed by atoms with Gasteiger partial charge in [0.15, 0.2) is 0 Å². The molecule has 88 valence electrons. The zero-order valence-electron chi connectivity index (χ0n) is 9.61. The summed E-state index contributed by atoms with van der Waals surface area (Å²) in [5.74, 6) is 0.146. The summed E-state index contributed by atoms with van der Waals surface area (Å²) in [5, 5.41) is 5.39. The Morgan fingerprint density at radius 2 is 2.56 bits per heavy atom. The number of hydrogen-bond donors (Lipinski definition) is 1. The largest absolute Gasteiger partial charge is 0.341 e. The van der Waals surface area contributed by atoms with Gasteiger partial charge in [-0.1, -0.05) is 6.07 Å². The number of hydrogen-bond acceptors (Lipinski definition) is 3. The number of carbonyl (C=O) groups excluding carboxylic acids is 1. The Morgan fingerprint density at radius 1 is 1.69 bits per heavy atom. The third kappa shape index (κ3) is 2.83. The highest BCUT2D eigenvalue weighted by Crippen LogP contribution is 2.13. The number of amides is 1. The molecule has 1 unspecified atom stereocenters. The molecule has 1 atom stereocenters. The molecule has 0 bridgehead atoms. The molecule has 2 heterocycles. The number of rotatable bonds is 4. The molecule has 1 aliphatic rings. The average molecular weight is 238 g/mol. The van der Waals surface area contributed by atoms with Crippen LogP contribution in [0.15, 0.2) is 17.5 Å². The van der Waals surface area contributed by atoms with Gasteiger partial charge in [-0.15, -0.1) is 11.3 Å². The molecule has 4 heteroatoms. The molecule has 1 N–H and O–H groups in total. The van der Waals surface area contributed by atoms with Gasteiger partial charge in [-0.05, 0) is 37.3 Å². The molecule has 1 aromatic heterocycles. The summed E-state index contributed by atoms with van der Waals surface area (Å²) < 4.78 is 0. The van der Waals surface area contributed by atoms with Gasteiger partial charge in [-0.3, -0.25) is 4.79 Å². The second-order valence-corrected chi connectivity index (χ2v) is 5.23. The van der Waals surface area contributed by atoms with Gasteiger partial charge in [0.05, 0.1) is 4.88 Å². The van der Waals surface area contributed by atoms with Gasteiger partial charge in [0, 0.05) is 19.6 Å². The number of nitrogens with one attached hydrogen (secondary N) is 1. The summed E-state index contributed by atoms with van der Waals surface area (Å²) in [5.41, 5.74) is 0. The molecule has 1 amide bonds. The van der Waals surface area contributed by atoms with Crippen molar-refractivity contribution in [2.24, 2.45) is 0 Å². The van der Waals surface area contributed by atoms with Crippen molar-refractivity contribution in [3.05, 3.63) is 22.4 Å². The molecule has 0 aromatic carbocycles. The Kier molecular flexibility index (Phi) is 3.96. The van der Waals surface area contributed by atoms with E-state index in [-0.39, 0.29) is 5.91 Å². The first-order valence-corrected chi connectivity index (χ1v) is 6.67. The zero-order chi connectivity index (χ0) is 11.4. The molecule has 1 saturated heterocycles. The van der Waals surface area contributed by atoms with Crippen LogP contribution in [0.2, 0.25) is 0 Å². The van der Waals surface area contributed by atoms with E-state index in [1.165, 1.54) is 24.2 Å². The van der Waals surface area contributed by atoms with Gasteiger partial charge in [-0.25, -0.2) is 0 Å². The number of carbonyl (C=O) groups is 1. The van der Waals surface area contributed by atoms with Gasteiger partial charge in [0.1, 0.15) is 0 Å². The van der Waals surface area contributed by atoms with Crippen LogP contribution in [-0.4, -0.2) is 37.0 Å². The average Bonchev–Trinajstić information content (AvgIpc) is 2.96. The lowest BCUT2D eigenvalue weighted by molar-refractivity contribution is 0.0795. The fourth-order valence-electron chi connectivity index (χ4n) is 2.04. The normalized spacial score (nSPS) is 19.9. The molecular formula is C12H18N2OS. The van der Waals surface area contributed by atoms with E-state index in [4.69, 9.17) is 0 Å². The molecular weight excluding hydrogens is 220 g/mol. The summed E-state index contributed by atoms with van der Waals surface area (Å²) in [6.07, 6.45) is 3.59. The van der Waals surface area contributed by atoms with E-state index in [2.05, 4.69) is 5.32 Å². The minimum Gasteiger partial charge on any atom is -0.341 e. The Bertz CT molecular complexity index is 331. The Morgan fingerprint density at radius 3 is 3.19 bits per heavy atom. The van der Waals surface area contributed by atoms with Gasteiger partial charge < -0.3 is 10.2 Å². The third-order valence-corrected chi connectivity index (χ3v) is 3.91. The van der Waals surface area contributed by atoms with Crippen molar-refractivity contribution in [1.82, 2.24) is 10.2 Å². The first-order valence-electron chi connectivity index (χ1n) is 5.80. The third-order valence-electron chi connectivity index (χ3n) is 3.05. The maximum Gasteiger partial charge on any atom is 0.263 e. The van der Waals surface area contributed by atoms with Crippen LogP contribution < -0.4 is 5.32 Å². The molecule has 0 aliphatic carbocycles. The quantitative estimate of drug-likeness (QED) is 0.869. The van der Waals surface area contributed by atoms with Crippen LogP contribution in [0.1, 0.15) is 28.9 Å². The van der Waals surface area contributed by atoms with Crippen LogP contribution in [0.25, 0.3) is 0 Å². The van der Waals surface area contributed by atoms with E-state index < -0.39 is 0 Å². The predicted molar refractivity (Wildman–Crippen MR) is 66.9 cm³/mol. The van der Waals surface area contributed by atoms with Crippen molar-refractivity contribution in [3.8, 4) is 0 Å². The minimum atomic E-state index is 0.146. The molecule has 1 aromatic rings. The summed E-state index contributed by atoms with van der Waals surface area (Å²) in [4.78, 5) is 14.6. The molecule has 0 spiro atoms. The second-order valence-electron chi connectivity index (χ2n) is 4.29. The van der Waals surface area contributed by atoms with E-state index in [0.717, 1.165) is 24.4 Å². The second kappa shape index (κ2) is 5.46. The van der Waals surface area contributed by atoms with Crippen molar-refractivity contribution < 1.29 is 4.79 Å². The van der Waals surface area contributed by atoms with Crippen molar-refractivity contribution >= 4 is 17.2 Å². The molecule has 0 radical (unpaired) electrons. The van der Waals surface area contributed by atoms with Crippen molar-refractivity contribution in [2.45, 2.75) is 25.3 Å². The van der Waals surface area contributed by atoms with Crippen molar-refractivity contribution in [3.63, 3.8) is 0 Å². The van der Waals surface area contributed by atoms with Crippen LogP contribution in [0.3, 0.4) is 0 Å². The van der Waals surface area contributed by atoms with Crippen LogP contribution in [0, 0.1) is 0 Å². The Balaban J connectivity index is 1.78. The highest BCUT2D eigenvalue weighted by molar-refractivity contribution is 7.12. The maximum absolute atomic E-state index is 11.9. The summed E-state index contributed by atoms with van der Waals surface area (Å²) >= 11 is 1.51. The summed E-state index contributed by atoms with van der Waals surface area (Å²) in [6.45, 7) is 1.97. The summed E-state index contributed by atoms with van der Waals surface area (Å²) in [6, 6.07) is 4.42. The smallest absolute Gasteiger partial charge is 0.263 e. The first-order chi connectivity index (χ1) is 7.77. The highest BCUT2D eigenvalue weighted by atomic mass is 32.1. The molecule has 16 heavy (non-hydrogen) atoms. The molecule has 1 fully saturated rings. The van der Waals surface area contributed by atoms with E-state index in [9.17, 15) is 4.79 Å². The van der Waals surface area contributed by atoms with Crippen molar-refractivity contribution in [1.29, 1.82) is 0 Å². The standard InChI is InChI=1S/C12H18N2OS/c1-14(8-6-10-4-2-7-13-10)12(15)11-5-3-9-16-11/h3,5,9-10,13H,2,4,6-8H2,1H3. The fourth-order valence-corrected chi connectivity index (χ4v) is 2.76. The SMILES string of the molecule is CN(CCC1CCCN1)C(=O)c1cccs1. The van der Waals surface area contributed by atoms with Gasteiger partial charge in [0.2, 0.25) is 0 Å².